The molecule has 1 heterocycles. The van der Waals surface area contributed by atoms with Gasteiger partial charge >= 0.3 is 0 Å². The molecule has 1 aromatic rings. The normalized spacial score (nSPS) is 38.1. The molecule has 5 rings (SSSR count). The Kier molecular flexibility index (Phi) is 2.74. The van der Waals surface area contributed by atoms with Crippen LogP contribution in [0.2, 0.25) is 0 Å². The molecule has 2 nitrogen and oxygen atoms in total. The molecule has 1 aromatic heterocycles. The Bertz CT molecular complexity index is 525. The lowest BCUT2D eigenvalue weighted by Crippen LogP contribution is -2.46. The molecule has 4 fully saturated rings. The van der Waals surface area contributed by atoms with E-state index in [9.17, 15) is 5.26 Å². The van der Waals surface area contributed by atoms with Gasteiger partial charge in [-0.1, -0.05) is 0 Å². The zero-order chi connectivity index (χ0) is 13.7. The van der Waals surface area contributed by atoms with E-state index in [0.717, 1.165) is 30.0 Å². The lowest BCUT2D eigenvalue weighted by atomic mass is 9.49. The molecular weight excluding hydrogens is 244 g/mol. The lowest BCUT2D eigenvalue weighted by Gasteiger charge is -2.57. The van der Waals surface area contributed by atoms with Crippen molar-refractivity contribution in [3.05, 3.63) is 23.5 Å². The molecule has 0 unspecified atom stereocenters. The van der Waals surface area contributed by atoms with Crippen molar-refractivity contribution in [2.45, 2.75) is 58.4 Å². The summed E-state index contributed by atoms with van der Waals surface area (Å²) in [4.78, 5) is 0. The average Bonchev–Trinajstić information content (AvgIpc) is 2.75. The molecule has 2 heteroatoms. The van der Waals surface area contributed by atoms with Crippen molar-refractivity contribution in [1.82, 2.24) is 4.57 Å². The summed E-state index contributed by atoms with van der Waals surface area (Å²) in [6, 6.07) is 6.39. The van der Waals surface area contributed by atoms with Crippen LogP contribution < -0.4 is 0 Å². The number of rotatable bonds is 3. The standard InChI is InChI=1S/C18H24N2/c1-13-2-3-17(12-19)20(13)5-4-18-9-14-6-15(10-18)8-16(7-14)11-18/h2-3,14-16H,4-11H2,1H3. The second kappa shape index (κ2) is 4.38. The van der Waals surface area contributed by atoms with E-state index in [2.05, 4.69) is 23.6 Å². The van der Waals surface area contributed by atoms with E-state index in [1.165, 1.54) is 50.6 Å². The van der Waals surface area contributed by atoms with Crippen LogP contribution in [0, 0.1) is 41.4 Å². The van der Waals surface area contributed by atoms with Crippen LogP contribution in [0.3, 0.4) is 0 Å². The minimum absolute atomic E-state index is 0.623. The maximum absolute atomic E-state index is 9.22. The molecule has 0 amide bonds. The Hall–Kier alpha value is -1.23. The third-order valence-corrected chi connectivity index (χ3v) is 6.34. The predicted octanol–water partition coefficient (Wildman–Crippen LogP) is 4.27. The molecule has 0 atom stereocenters. The zero-order valence-electron chi connectivity index (χ0n) is 12.4. The van der Waals surface area contributed by atoms with Crippen LogP contribution in [0.5, 0.6) is 0 Å². The predicted molar refractivity (Wildman–Crippen MR) is 79.1 cm³/mol. The summed E-state index contributed by atoms with van der Waals surface area (Å²) in [5, 5.41) is 9.22. The first-order chi connectivity index (χ1) is 9.67. The van der Waals surface area contributed by atoms with Gasteiger partial charge in [0, 0.05) is 12.2 Å². The smallest absolute Gasteiger partial charge is 0.120 e. The molecule has 0 radical (unpaired) electrons. The first-order valence-corrected chi connectivity index (χ1v) is 8.24. The third-order valence-electron chi connectivity index (χ3n) is 6.34. The van der Waals surface area contributed by atoms with E-state index in [-0.39, 0.29) is 0 Å². The second-order valence-corrected chi connectivity index (χ2v) is 7.79. The molecule has 0 spiro atoms. The fourth-order valence-corrected chi connectivity index (χ4v) is 5.91. The fourth-order valence-electron chi connectivity index (χ4n) is 5.91. The highest BCUT2D eigenvalue weighted by atomic mass is 15.0. The largest absolute Gasteiger partial charge is 0.337 e. The number of aromatic nitrogens is 1. The van der Waals surface area contributed by atoms with Gasteiger partial charge < -0.3 is 4.57 Å². The highest BCUT2D eigenvalue weighted by Gasteiger charge is 2.50. The van der Waals surface area contributed by atoms with Crippen LogP contribution in [-0.2, 0) is 6.54 Å². The van der Waals surface area contributed by atoms with Crippen molar-refractivity contribution >= 4 is 0 Å². The Morgan fingerprint density at radius 3 is 2.30 bits per heavy atom. The van der Waals surface area contributed by atoms with Gasteiger partial charge in [0.15, 0.2) is 0 Å². The maximum Gasteiger partial charge on any atom is 0.120 e. The SMILES string of the molecule is Cc1ccc(C#N)n1CCC12CC3CC(CC(C3)C1)C2. The van der Waals surface area contributed by atoms with E-state index in [1.54, 1.807) is 0 Å². The highest BCUT2D eigenvalue weighted by Crippen LogP contribution is 2.61. The van der Waals surface area contributed by atoms with Crippen molar-refractivity contribution in [2.24, 2.45) is 23.2 Å². The number of nitrogens with zero attached hydrogens (tertiary/aromatic N) is 2. The van der Waals surface area contributed by atoms with Gasteiger partial charge in [-0.15, -0.1) is 0 Å². The molecule has 0 aromatic carbocycles. The quantitative estimate of drug-likeness (QED) is 0.804. The number of hydrogen-bond acceptors (Lipinski definition) is 1. The van der Waals surface area contributed by atoms with Crippen LogP contribution >= 0.6 is 0 Å². The van der Waals surface area contributed by atoms with Crippen LogP contribution in [-0.4, -0.2) is 4.57 Å². The first-order valence-electron chi connectivity index (χ1n) is 8.24. The van der Waals surface area contributed by atoms with Gasteiger partial charge in [0.25, 0.3) is 0 Å². The first kappa shape index (κ1) is 12.5. The highest BCUT2D eigenvalue weighted by molar-refractivity contribution is 5.26. The minimum atomic E-state index is 0.623. The summed E-state index contributed by atoms with van der Waals surface area (Å²) >= 11 is 0. The lowest BCUT2D eigenvalue weighted by molar-refractivity contribution is -0.0592. The second-order valence-electron chi connectivity index (χ2n) is 7.79. The summed E-state index contributed by atoms with van der Waals surface area (Å²) in [6.45, 7) is 3.18. The van der Waals surface area contributed by atoms with Crippen LogP contribution in [0.25, 0.3) is 0 Å². The summed E-state index contributed by atoms with van der Waals surface area (Å²) in [5.41, 5.74) is 2.71. The van der Waals surface area contributed by atoms with Crippen molar-refractivity contribution in [3.63, 3.8) is 0 Å². The fraction of sp³-hybridized carbons (Fsp3) is 0.722. The van der Waals surface area contributed by atoms with Gasteiger partial charge in [-0.05, 0) is 87.2 Å². The Morgan fingerprint density at radius 2 is 1.75 bits per heavy atom. The third kappa shape index (κ3) is 1.91. The van der Waals surface area contributed by atoms with Gasteiger partial charge in [0.05, 0.1) is 0 Å². The molecule has 20 heavy (non-hydrogen) atoms. The number of aryl methyl sites for hydroxylation is 1. The molecule has 4 aliphatic rings. The van der Waals surface area contributed by atoms with Gasteiger partial charge in [-0.25, -0.2) is 0 Å². The number of nitriles is 1. The Balaban J connectivity index is 1.52. The molecule has 4 aliphatic carbocycles. The summed E-state index contributed by atoms with van der Waals surface area (Å²) in [7, 11) is 0. The minimum Gasteiger partial charge on any atom is -0.337 e. The topological polar surface area (TPSA) is 28.7 Å². The average molecular weight is 268 g/mol. The molecule has 4 saturated carbocycles. The van der Waals surface area contributed by atoms with Crippen molar-refractivity contribution < 1.29 is 0 Å². The molecule has 0 N–H and O–H groups in total. The van der Waals surface area contributed by atoms with Gasteiger partial charge in [-0.2, -0.15) is 5.26 Å². The summed E-state index contributed by atoms with van der Waals surface area (Å²) < 4.78 is 2.23. The van der Waals surface area contributed by atoms with Crippen molar-refractivity contribution in [3.8, 4) is 6.07 Å². The maximum atomic E-state index is 9.22. The van der Waals surface area contributed by atoms with E-state index < -0.39 is 0 Å². The summed E-state index contributed by atoms with van der Waals surface area (Å²) in [6.07, 6.45) is 10.3. The van der Waals surface area contributed by atoms with Crippen molar-refractivity contribution in [1.29, 1.82) is 5.26 Å². The van der Waals surface area contributed by atoms with Gasteiger partial charge in [0.1, 0.15) is 11.8 Å². The van der Waals surface area contributed by atoms with Crippen LogP contribution in [0.15, 0.2) is 12.1 Å². The van der Waals surface area contributed by atoms with Crippen LogP contribution in [0.1, 0.15) is 56.3 Å². The van der Waals surface area contributed by atoms with E-state index in [4.69, 9.17) is 0 Å². The van der Waals surface area contributed by atoms with Crippen molar-refractivity contribution in [2.75, 3.05) is 0 Å². The van der Waals surface area contributed by atoms with E-state index in [1.807, 2.05) is 6.07 Å². The zero-order valence-corrected chi connectivity index (χ0v) is 12.4. The van der Waals surface area contributed by atoms with Gasteiger partial charge in [0.2, 0.25) is 0 Å². The molecule has 0 aliphatic heterocycles. The van der Waals surface area contributed by atoms with E-state index in [0.29, 0.717) is 5.41 Å². The van der Waals surface area contributed by atoms with Gasteiger partial charge in [-0.3, -0.25) is 0 Å². The summed E-state index contributed by atoms with van der Waals surface area (Å²) in [5.74, 6) is 3.09. The van der Waals surface area contributed by atoms with Crippen LogP contribution in [0.4, 0.5) is 0 Å². The van der Waals surface area contributed by atoms with E-state index >= 15 is 0 Å². The molecular formula is C18H24N2. The molecule has 106 valence electrons. The number of hydrogen-bond donors (Lipinski definition) is 0. The Morgan fingerprint density at radius 1 is 1.15 bits per heavy atom. The molecule has 0 saturated heterocycles. The monoisotopic (exact) mass is 268 g/mol. The Labute approximate surface area is 121 Å². The molecule has 4 bridgehead atoms.